The van der Waals surface area contributed by atoms with Crippen molar-refractivity contribution in [2.75, 3.05) is 20.2 Å². The summed E-state index contributed by atoms with van der Waals surface area (Å²) in [5.41, 5.74) is 0.892. The molecule has 5 nitrogen and oxygen atoms in total. The van der Waals surface area contributed by atoms with E-state index in [1.807, 2.05) is 13.1 Å². The summed E-state index contributed by atoms with van der Waals surface area (Å²) in [4.78, 5) is 14.2. The molecule has 0 N–H and O–H groups in total. The average molecular weight is 509 g/mol. The SMILES string of the molecule is CCOc1ccc2c3c1OC1C(OC(=O)C(F)(F)C(F)(F)C(F)(F)F)C=CC4C(C2)N(C)CCC341. The van der Waals surface area contributed by atoms with E-state index in [4.69, 9.17) is 9.47 Å². The molecule has 12 heteroatoms. The highest BCUT2D eigenvalue weighted by Crippen LogP contribution is 2.63. The highest BCUT2D eigenvalue weighted by molar-refractivity contribution is 5.79. The fourth-order valence-corrected chi connectivity index (χ4v) is 6.08. The van der Waals surface area contributed by atoms with Crippen LogP contribution in [-0.2, 0) is 21.4 Å². The Morgan fingerprint density at radius 1 is 1.17 bits per heavy atom. The lowest BCUT2D eigenvalue weighted by molar-refractivity contribution is -0.349. The number of hydrogen-bond acceptors (Lipinski definition) is 5. The maximum absolute atomic E-state index is 14.0. The number of hydrogen-bond donors (Lipinski definition) is 0. The molecule has 2 aliphatic carbocycles. The maximum Gasteiger partial charge on any atom is 0.460 e. The van der Waals surface area contributed by atoms with E-state index in [0.717, 1.165) is 11.1 Å². The lowest BCUT2D eigenvalue weighted by Gasteiger charge is -2.56. The standard InChI is InChI=1S/C23H22F7NO4/c1-3-33-14-6-4-11-10-13-12-5-7-15(34-19(32)21(24,25)22(26,27)23(28,29)30)18-20(12,8-9-31(13)2)16(11)17(14)35-18/h4-7,12-13,15,18H,3,8-10H2,1-2H3. The number of rotatable bonds is 5. The van der Waals surface area contributed by atoms with Crippen LogP contribution in [0.1, 0.15) is 24.5 Å². The minimum absolute atomic E-state index is 0.00940. The van der Waals surface area contributed by atoms with Gasteiger partial charge in [-0.3, -0.25) is 0 Å². The molecule has 0 radical (unpaired) electrons. The lowest BCUT2D eigenvalue weighted by atomic mass is 9.53. The molecule has 0 saturated carbocycles. The summed E-state index contributed by atoms with van der Waals surface area (Å²) in [7, 11) is 1.95. The van der Waals surface area contributed by atoms with E-state index in [-0.39, 0.29) is 12.0 Å². The van der Waals surface area contributed by atoms with Gasteiger partial charge in [-0.15, -0.1) is 0 Å². The largest absolute Gasteiger partial charge is 0.490 e. The van der Waals surface area contributed by atoms with Gasteiger partial charge in [-0.25, -0.2) is 4.79 Å². The number of likely N-dealkylation sites (N-methyl/N-ethyl adjacent to an activating group) is 1. The number of piperidine rings is 1. The van der Waals surface area contributed by atoms with Crippen LogP contribution in [0.25, 0.3) is 0 Å². The summed E-state index contributed by atoms with van der Waals surface area (Å²) >= 11 is 0. The number of halogens is 7. The monoisotopic (exact) mass is 509 g/mol. The summed E-state index contributed by atoms with van der Waals surface area (Å²) in [6, 6.07) is 3.61. The Morgan fingerprint density at radius 2 is 1.89 bits per heavy atom. The lowest BCUT2D eigenvalue weighted by Crippen LogP contribution is -2.65. The van der Waals surface area contributed by atoms with Crippen LogP contribution in [-0.4, -0.2) is 67.3 Å². The molecular formula is C23H22F7NO4. The predicted octanol–water partition coefficient (Wildman–Crippen LogP) is 4.28. The van der Waals surface area contributed by atoms with Crippen molar-refractivity contribution in [2.24, 2.45) is 5.92 Å². The molecule has 1 aromatic carbocycles. The zero-order chi connectivity index (χ0) is 25.6. The number of ether oxygens (including phenoxy) is 3. The van der Waals surface area contributed by atoms with Gasteiger partial charge >= 0.3 is 24.0 Å². The van der Waals surface area contributed by atoms with Crippen molar-refractivity contribution < 1.29 is 49.7 Å². The number of carbonyl (C=O) groups is 1. The normalized spacial score (nSPS) is 31.6. The van der Waals surface area contributed by atoms with Crippen LogP contribution in [0.15, 0.2) is 24.3 Å². The van der Waals surface area contributed by atoms with E-state index >= 15 is 0 Å². The van der Waals surface area contributed by atoms with Gasteiger partial charge < -0.3 is 19.1 Å². The van der Waals surface area contributed by atoms with Crippen molar-refractivity contribution in [1.29, 1.82) is 0 Å². The van der Waals surface area contributed by atoms with Crippen LogP contribution >= 0.6 is 0 Å². The van der Waals surface area contributed by atoms with Gasteiger partial charge in [0.1, 0.15) is 6.10 Å². The zero-order valence-electron chi connectivity index (χ0n) is 18.7. The first-order valence-corrected chi connectivity index (χ1v) is 11.1. The molecule has 5 atom stereocenters. The predicted molar refractivity (Wildman–Crippen MR) is 107 cm³/mol. The number of carbonyl (C=O) groups excluding carboxylic acids is 1. The minimum atomic E-state index is -6.65. The van der Waals surface area contributed by atoms with Crippen molar-refractivity contribution in [2.45, 2.75) is 61.5 Å². The third kappa shape index (κ3) is 3.07. The van der Waals surface area contributed by atoms with E-state index in [1.54, 1.807) is 19.1 Å². The van der Waals surface area contributed by atoms with Crippen LogP contribution in [0.4, 0.5) is 30.7 Å². The third-order valence-corrected chi connectivity index (χ3v) is 7.66. The number of likely N-dealkylation sites (tertiary alicyclic amines) is 1. The highest BCUT2D eigenvalue weighted by atomic mass is 19.4. The first-order chi connectivity index (χ1) is 16.3. The van der Waals surface area contributed by atoms with Crippen LogP contribution in [0.5, 0.6) is 11.5 Å². The van der Waals surface area contributed by atoms with Gasteiger partial charge in [-0.05, 0) is 51.1 Å². The maximum atomic E-state index is 14.0. The Labute approximate surface area is 195 Å². The van der Waals surface area contributed by atoms with Crippen molar-refractivity contribution in [1.82, 2.24) is 4.90 Å². The second kappa shape index (κ2) is 7.50. The Balaban J connectivity index is 1.55. The molecule has 0 aromatic heterocycles. The number of benzene rings is 1. The Bertz CT molecular complexity index is 1090. The summed E-state index contributed by atoms with van der Waals surface area (Å²) in [5.74, 6) is -15.1. The van der Waals surface area contributed by atoms with Crippen LogP contribution < -0.4 is 9.47 Å². The first-order valence-electron chi connectivity index (χ1n) is 11.1. The first kappa shape index (κ1) is 24.2. The summed E-state index contributed by atoms with van der Waals surface area (Å²) in [6.45, 7) is 2.66. The van der Waals surface area contributed by atoms with Crippen molar-refractivity contribution in [3.63, 3.8) is 0 Å². The van der Waals surface area contributed by atoms with E-state index < -0.39 is 41.6 Å². The quantitative estimate of drug-likeness (QED) is 0.337. The highest BCUT2D eigenvalue weighted by Gasteiger charge is 2.77. The van der Waals surface area contributed by atoms with E-state index in [0.29, 0.717) is 37.5 Å². The van der Waals surface area contributed by atoms with Crippen molar-refractivity contribution >= 4 is 5.97 Å². The van der Waals surface area contributed by atoms with Crippen LogP contribution in [0, 0.1) is 5.92 Å². The van der Waals surface area contributed by atoms with Gasteiger partial charge in [0.05, 0.1) is 6.61 Å². The van der Waals surface area contributed by atoms with Gasteiger partial charge in [0.2, 0.25) is 0 Å². The molecule has 1 fully saturated rings. The van der Waals surface area contributed by atoms with Gasteiger partial charge in [-0.2, -0.15) is 30.7 Å². The number of nitrogens with zero attached hydrogens (tertiary/aromatic N) is 1. The van der Waals surface area contributed by atoms with Crippen LogP contribution in [0.2, 0.25) is 0 Å². The average Bonchev–Trinajstić information content (AvgIpc) is 3.13. The molecule has 1 saturated heterocycles. The number of esters is 1. The fourth-order valence-electron chi connectivity index (χ4n) is 6.08. The van der Waals surface area contributed by atoms with Gasteiger partial charge in [0.25, 0.3) is 0 Å². The third-order valence-electron chi connectivity index (χ3n) is 7.66. The summed E-state index contributed by atoms with van der Waals surface area (Å²) in [6.07, 6.45) is -5.29. The molecule has 0 amide bonds. The zero-order valence-corrected chi connectivity index (χ0v) is 18.7. The Kier molecular flexibility index (Phi) is 5.19. The van der Waals surface area contributed by atoms with Crippen molar-refractivity contribution in [3.8, 4) is 11.5 Å². The molecule has 5 rings (SSSR count). The summed E-state index contributed by atoms with van der Waals surface area (Å²) in [5, 5.41) is 0. The molecular weight excluding hydrogens is 487 g/mol. The molecule has 5 unspecified atom stereocenters. The molecule has 4 aliphatic rings. The molecule has 35 heavy (non-hydrogen) atoms. The topological polar surface area (TPSA) is 48.0 Å². The molecule has 1 aromatic rings. The molecule has 192 valence electrons. The smallest absolute Gasteiger partial charge is 0.460 e. The second-order valence-corrected chi connectivity index (χ2v) is 9.37. The summed E-state index contributed by atoms with van der Waals surface area (Å²) < 4.78 is 109. The van der Waals surface area contributed by atoms with E-state index in [9.17, 15) is 35.5 Å². The van der Waals surface area contributed by atoms with E-state index in [1.165, 1.54) is 6.08 Å². The second-order valence-electron chi connectivity index (χ2n) is 9.37. The Hall–Kier alpha value is -2.50. The van der Waals surface area contributed by atoms with Gasteiger partial charge in [-0.1, -0.05) is 12.1 Å². The molecule has 2 heterocycles. The minimum Gasteiger partial charge on any atom is -0.490 e. The van der Waals surface area contributed by atoms with Crippen LogP contribution in [0.3, 0.4) is 0 Å². The number of alkyl halides is 7. The molecule has 2 bridgehead atoms. The molecule has 1 spiro atoms. The van der Waals surface area contributed by atoms with Crippen molar-refractivity contribution in [3.05, 3.63) is 35.4 Å². The van der Waals surface area contributed by atoms with Gasteiger partial charge in [0.15, 0.2) is 17.6 Å². The molecule has 2 aliphatic heterocycles. The van der Waals surface area contributed by atoms with E-state index in [2.05, 4.69) is 9.64 Å². The fraction of sp³-hybridized carbons (Fsp3) is 0.609. The Morgan fingerprint density at radius 3 is 2.54 bits per heavy atom. The van der Waals surface area contributed by atoms with Gasteiger partial charge in [0, 0.05) is 22.9 Å².